The first-order chi connectivity index (χ1) is 8.15. The molecule has 1 rings (SSSR count). The van der Waals surface area contributed by atoms with Gasteiger partial charge in [-0.25, -0.2) is 4.79 Å². The lowest BCUT2D eigenvalue weighted by atomic mass is 9.82. The molecule has 100 valence electrons. The molecule has 4 N–H and O–H groups in total. The number of carbonyl (C=O) groups excluding carboxylic acids is 1. The number of nitrogens with one attached hydrogen (secondary N) is 2. The molecular weight excluding hydrogens is 218 g/mol. The van der Waals surface area contributed by atoms with Crippen LogP contribution in [-0.2, 0) is 4.74 Å². The number of hydrogen-bond donors (Lipinski definition) is 3. The van der Waals surface area contributed by atoms with E-state index in [9.17, 15) is 4.79 Å². The smallest absolute Gasteiger partial charge is 0.315 e. The first-order valence-electron chi connectivity index (χ1n) is 6.48. The van der Waals surface area contributed by atoms with Gasteiger partial charge in [-0.05, 0) is 31.2 Å². The second-order valence-electron chi connectivity index (χ2n) is 4.80. The van der Waals surface area contributed by atoms with Crippen molar-refractivity contribution in [1.29, 1.82) is 0 Å². The van der Waals surface area contributed by atoms with Crippen LogP contribution >= 0.6 is 0 Å². The van der Waals surface area contributed by atoms with Crippen molar-refractivity contribution in [3.8, 4) is 0 Å². The van der Waals surface area contributed by atoms with Gasteiger partial charge in [0.1, 0.15) is 0 Å². The molecule has 0 aromatic heterocycles. The summed E-state index contributed by atoms with van der Waals surface area (Å²) in [5.74, 6) is 0. The molecular formula is C12H25N3O2. The van der Waals surface area contributed by atoms with E-state index in [0.29, 0.717) is 19.7 Å². The van der Waals surface area contributed by atoms with E-state index in [-0.39, 0.29) is 17.5 Å². The van der Waals surface area contributed by atoms with E-state index in [2.05, 4.69) is 24.5 Å². The zero-order valence-corrected chi connectivity index (χ0v) is 10.9. The topological polar surface area (TPSA) is 76.4 Å². The van der Waals surface area contributed by atoms with Crippen LogP contribution in [0.15, 0.2) is 0 Å². The predicted octanol–water partition coefficient (Wildman–Crippen LogP) is 0.840. The fourth-order valence-corrected chi connectivity index (χ4v) is 2.01. The highest BCUT2D eigenvalue weighted by Crippen LogP contribution is 2.23. The van der Waals surface area contributed by atoms with Gasteiger partial charge < -0.3 is 21.1 Å². The summed E-state index contributed by atoms with van der Waals surface area (Å²) in [5.41, 5.74) is 5.82. The molecule has 0 aromatic carbocycles. The van der Waals surface area contributed by atoms with Crippen LogP contribution < -0.4 is 16.4 Å². The van der Waals surface area contributed by atoms with Crippen molar-refractivity contribution in [3.05, 3.63) is 0 Å². The van der Waals surface area contributed by atoms with Gasteiger partial charge in [0.2, 0.25) is 0 Å². The quantitative estimate of drug-likeness (QED) is 0.647. The van der Waals surface area contributed by atoms with Gasteiger partial charge in [0, 0.05) is 13.2 Å². The fourth-order valence-electron chi connectivity index (χ4n) is 2.01. The lowest BCUT2D eigenvalue weighted by Crippen LogP contribution is -2.48. The molecule has 0 radical (unpaired) electrons. The average molecular weight is 243 g/mol. The van der Waals surface area contributed by atoms with Gasteiger partial charge in [-0.1, -0.05) is 13.8 Å². The first-order valence-corrected chi connectivity index (χ1v) is 6.48. The predicted molar refractivity (Wildman–Crippen MR) is 67.8 cm³/mol. The van der Waals surface area contributed by atoms with Gasteiger partial charge in [0.05, 0.1) is 12.6 Å². The van der Waals surface area contributed by atoms with Crippen molar-refractivity contribution in [2.45, 2.75) is 39.2 Å². The van der Waals surface area contributed by atoms with Gasteiger partial charge in [0.25, 0.3) is 0 Å². The standard InChI is InChI=1S/C12H25N3O2/c1-3-12(4-2,8-13)9-14-11(16)15-10-5-6-17-7-10/h10H,3-9,13H2,1-2H3,(H2,14,15,16). The largest absolute Gasteiger partial charge is 0.379 e. The third-order valence-corrected chi connectivity index (χ3v) is 3.82. The first kappa shape index (κ1) is 14.3. The van der Waals surface area contributed by atoms with Crippen molar-refractivity contribution >= 4 is 6.03 Å². The monoisotopic (exact) mass is 243 g/mol. The van der Waals surface area contributed by atoms with Crippen LogP contribution in [-0.4, -0.2) is 38.4 Å². The molecule has 2 amide bonds. The Morgan fingerprint density at radius 1 is 1.47 bits per heavy atom. The van der Waals surface area contributed by atoms with E-state index in [1.54, 1.807) is 0 Å². The minimum absolute atomic E-state index is 0.0313. The zero-order chi connectivity index (χ0) is 12.7. The van der Waals surface area contributed by atoms with Crippen LogP contribution in [0, 0.1) is 5.41 Å². The van der Waals surface area contributed by atoms with Gasteiger partial charge in [0.15, 0.2) is 0 Å². The van der Waals surface area contributed by atoms with Crippen molar-refractivity contribution < 1.29 is 9.53 Å². The third-order valence-electron chi connectivity index (χ3n) is 3.82. The number of carbonyl (C=O) groups is 1. The van der Waals surface area contributed by atoms with Gasteiger partial charge in [-0.3, -0.25) is 0 Å². The Bertz CT molecular complexity index is 228. The second-order valence-corrected chi connectivity index (χ2v) is 4.80. The molecule has 0 bridgehead atoms. The molecule has 0 spiro atoms. The molecule has 17 heavy (non-hydrogen) atoms. The highest BCUT2D eigenvalue weighted by Gasteiger charge is 2.25. The molecule has 1 atom stereocenters. The molecule has 1 aliphatic rings. The second kappa shape index (κ2) is 6.81. The highest BCUT2D eigenvalue weighted by molar-refractivity contribution is 5.74. The van der Waals surface area contributed by atoms with E-state index in [1.165, 1.54) is 0 Å². The van der Waals surface area contributed by atoms with Crippen molar-refractivity contribution in [2.75, 3.05) is 26.3 Å². The van der Waals surface area contributed by atoms with E-state index in [1.807, 2.05) is 0 Å². The van der Waals surface area contributed by atoms with Gasteiger partial charge in [-0.15, -0.1) is 0 Å². The fraction of sp³-hybridized carbons (Fsp3) is 0.917. The average Bonchev–Trinajstić information content (AvgIpc) is 2.84. The van der Waals surface area contributed by atoms with Gasteiger partial charge >= 0.3 is 6.03 Å². The number of amides is 2. The summed E-state index contributed by atoms with van der Waals surface area (Å²) in [5, 5.41) is 5.83. The molecule has 0 saturated carbocycles. The Labute approximate surface area is 103 Å². The van der Waals surface area contributed by atoms with Crippen LogP contribution in [0.4, 0.5) is 4.79 Å². The minimum Gasteiger partial charge on any atom is -0.379 e. The molecule has 1 saturated heterocycles. The SMILES string of the molecule is CCC(CC)(CN)CNC(=O)NC1CCOC1. The maximum Gasteiger partial charge on any atom is 0.315 e. The van der Waals surface area contributed by atoms with Crippen LogP contribution in [0.5, 0.6) is 0 Å². The number of nitrogens with two attached hydrogens (primary N) is 1. The summed E-state index contributed by atoms with van der Waals surface area (Å²) < 4.78 is 5.20. The molecule has 5 heteroatoms. The summed E-state index contributed by atoms with van der Waals surface area (Å²) >= 11 is 0. The third kappa shape index (κ3) is 4.16. The summed E-state index contributed by atoms with van der Waals surface area (Å²) in [7, 11) is 0. The Kier molecular flexibility index (Phi) is 5.71. The lowest BCUT2D eigenvalue weighted by molar-refractivity contribution is 0.187. The van der Waals surface area contributed by atoms with Crippen LogP contribution in [0.3, 0.4) is 0 Å². The highest BCUT2D eigenvalue weighted by atomic mass is 16.5. The minimum atomic E-state index is -0.111. The van der Waals surface area contributed by atoms with Gasteiger partial charge in [-0.2, -0.15) is 0 Å². The molecule has 1 unspecified atom stereocenters. The van der Waals surface area contributed by atoms with Crippen LogP contribution in [0.1, 0.15) is 33.1 Å². The number of ether oxygens (including phenoxy) is 1. The molecule has 1 aliphatic heterocycles. The van der Waals surface area contributed by atoms with E-state index < -0.39 is 0 Å². The summed E-state index contributed by atoms with van der Waals surface area (Å²) in [6, 6.07) is 0.0470. The van der Waals surface area contributed by atoms with Crippen molar-refractivity contribution in [3.63, 3.8) is 0 Å². The summed E-state index contributed by atoms with van der Waals surface area (Å²) in [6.45, 7) is 6.82. The Balaban J connectivity index is 2.30. The maximum absolute atomic E-state index is 11.7. The van der Waals surface area contributed by atoms with E-state index in [4.69, 9.17) is 10.5 Å². The van der Waals surface area contributed by atoms with Crippen molar-refractivity contribution in [2.24, 2.45) is 11.1 Å². The zero-order valence-electron chi connectivity index (χ0n) is 10.9. The Morgan fingerprint density at radius 3 is 2.65 bits per heavy atom. The molecule has 1 heterocycles. The number of urea groups is 1. The normalized spacial score (nSPS) is 20.3. The summed E-state index contributed by atoms with van der Waals surface area (Å²) in [6.07, 6.45) is 2.86. The molecule has 1 fully saturated rings. The maximum atomic E-state index is 11.7. The van der Waals surface area contributed by atoms with Crippen molar-refractivity contribution in [1.82, 2.24) is 10.6 Å². The van der Waals surface area contributed by atoms with Crippen LogP contribution in [0.25, 0.3) is 0 Å². The van der Waals surface area contributed by atoms with Crippen LogP contribution in [0.2, 0.25) is 0 Å². The number of rotatable bonds is 6. The Hall–Kier alpha value is -0.810. The number of hydrogen-bond acceptors (Lipinski definition) is 3. The van der Waals surface area contributed by atoms with E-state index in [0.717, 1.165) is 25.9 Å². The van der Waals surface area contributed by atoms with E-state index >= 15 is 0 Å². The lowest BCUT2D eigenvalue weighted by Gasteiger charge is -2.30. The Morgan fingerprint density at radius 2 is 2.18 bits per heavy atom. The summed E-state index contributed by atoms with van der Waals surface area (Å²) in [4.78, 5) is 11.7. The molecule has 0 aromatic rings. The molecule has 5 nitrogen and oxygen atoms in total. The molecule has 0 aliphatic carbocycles.